The van der Waals surface area contributed by atoms with Gasteiger partial charge in [0.1, 0.15) is 17.5 Å². The van der Waals surface area contributed by atoms with Crippen LogP contribution in [-0.2, 0) is 11.0 Å². The molecule has 3 N–H and O–H groups in total. The maximum atomic E-state index is 12.6. The largest absolute Gasteiger partial charge is 0.434 e. The minimum Gasteiger partial charge on any atom is -0.369 e. The summed E-state index contributed by atoms with van der Waals surface area (Å²) in [5.41, 5.74) is 0.327. The van der Waals surface area contributed by atoms with Gasteiger partial charge in [-0.05, 0) is 31.6 Å². The van der Waals surface area contributed by atoms with Crippen molar-refractivity contribution in [3.05, 3.63) is 23.8 Å². The Balaban J connectivity index is 1.32. The van der Waals surface area contributed by atoms with Crippen LogP contribution >= 0.6 is 0 Å². The third kappa shape index (κ3) is 4.79. The fraction of sp³-hybridized carbons (Fsp3) is 0.571. The van der Waals surface area contributed by atoms with Crippen molar-refractivity contribution >= 4 is 29.2 Å². The van der Waals surface area contributed by atoms with Gasteiger partial charge in [0.15, 0.2) is 11.5 Å². The lowest BCUT2D eigenvalue weighted by atomic mass is 9.80. The molecule has 0 unspecified atom stereocenters. The average Bonchev–Trinajstić information content (AvgIpc) is 2.70. The highest BCUT2D eigenvalue weighted by Crippen LogP contribution is 2.36. The lowest BCUT2D eigenvalue weighted by Crippen LogP contribution is -2.50. The molecule has 9 nitrogen and oxygen atoms in total. The van der Waals surface area contributed by atoms with Crippen molar-refractivity contribution in [2.45, 2.75) is 51.9 Å². The van der Waals surface area contributed by atoms with Gasteiger partial charge >= 0.3 is 6.18 Å². The Labute approximate surface area is 189 Å². The van der Waals surface area contributed by atoms with Crippen LogP contribution in [0.25, 0.3) is 0 Å². The van der Waals surface area contributed by atoms with E-state index in [9.17, 15) is 18.0 Å². The maximum Gasteiger partial charge on any atom is 0.434 e. The van der Waals surface area contributed by atoms with Gasteiger partial charge in [0.2, 0.25) is 11.9 Å². The number of nitrogens with one attached hydrogen (secondary N) is 3. The molecule has 0 radical (unpaired) electrons. The molecule has 0 saturated heterocycles. The first-order valence-corrected chi connectivity index (χ1v) is 10.8. The Kier molecular flexibility index (Phi) is 6.02. The van der Waals surface area contributed by atoms with Crippen molar-refractivity contribution in [3.8, 4) is 0 Å². The fourth-order valence-electron chi connectivity index (χ4n) is 4.30. The SMILES string of the molecule is Cc1nc(NC2CC(CNc3cnc(C(F)(F)F)cn3)C2)nc2c1NC(=O)[C@H](C(C)C)N2C. The number of aromatic nitrogens is 4. The zero-order chi connectivity index (χ0) is 23.9. The van der Waals surface area contributed by atoms with Gasteiger partial charge in [0, 0.05) is 19.6 Å². The number of likely N-dealkylation sites (N-methyl/N-ethyl adjacent to an activating group) is 1. The number of carbonyl (C=O) groups is 1. The van der Waals surface area contributed by atoms with Crippen LogP contribution in [0.15, 0.2) is 12.4 Å². The third-order valence-corrected chi connectivity index (χ3v) is 6.05. The first-order chi connectivity index (χ1) is 15.5. The molecule has 1 saturated carbocycles. The number of rotatable bonds is 6. The van der Waals surface area contributed by atoms with Crippen LogP contribution in [-0.4, -0.2) is 51.5 Å². The summed E-state index contributed by atoms with van der Waals surface area (Å²) in [5.74, 6) is 1.95. The molecule has 178 valence electrons. The number of carbonyl (C=O) groups excluding carboxylic acids is 1. The molecule has 0 spiro atoms. The minimum absolute atomic E-state index is 0.0560. The molecule has 0 bridgehead atoms. The number of hydrogen-bond donors (Lipinski definition) is 3. The number of alkyl halides is 3. The summed E-state index contributed by atoms with van der Waals surface area (Å²) in [5, 5.41) is 9.33. The van der Waals surface area contributed by atoms with Gasteiger partial charge in [-0.3, -0.25) is 4.79 Å². The summed E-state index contributed by atoms with van der Waals surface area (Å²) >= 11 is 0. The second kappa shape index (κ2) is 8.64. The standard InChI is InChI=1S/C21H27F3N8O/c1-10(2)17-19(33)30-16-11(3)28-20(31-18(16)32(17)4)29-13-5-12(6-13)7-26-15-9-25-14(8-27-15)21(22,23)24/h8-10,12-13,17H,5-7H2,1-4H3,(H,26,27)(H,30,33)(H,28,29,31)/t12?,13?,17-/m0/s1. The number of fused-ring (bicyclic) bond motifs is 1. The molecule has 2 aromatic heterocycles. The minimum atomic E-state index is -4.49. The highest BCUT2D eigenvalue weighted by Gasteiger charge is 2.36. The van der Waals surface area contributed by atoms with Gasteiger partial charge in [-0.25, -0.2) is 15.0 Å². The molecule has 1 aliphatic heterocycles. The zero-order valence-corrected chi connectivity index (χ0v) is 18.9. The monoisotopic (exact) mass is 464 g/mol. The molecular weight excluding hydrogens is 437 g/mol. The van der Waals surface area contributed by atoms with Gasteiger partial charge in [-0.15, -0.1) is 0 Å². The van der Waals surface area contributed by atoms with Crippen molar-refractivity contribution < 1.29 is 18.0 Å². The zero-order valence-electron chi connectivity index (χ0n) is 18.9. The van der Waals surface area contributed by atoms with E-state index in [1.54, 1.807) is 0 Å². The van der Waals surface area contributed by atoms with Gasteiger partial charge in [-0.1, -0.05) is 13.8 Å². The highest BCUT2D eigenvalue weighted by molar-refractivity contribution is 6.03. The van der Waals surface area contributed by atoms with E-state index in [0.29, 0.717) is 41.4 Å². The van der Waals surface area contributed by atoms with Crippen LogP contribution in [0.3, 0.4) is 0 Å². The van der Waals surface area contributed by atoms with E-state index in [1.165, 1.54) is 0 Å². The summed E-state index contributed by atoms with van der Waals surface area (Å²) in [6, 6.07) is -0.107. The van der Waals surface area contributed by atoms with Crippen molar-refractivity contribution in [1.82, 2.24) is 19.9 Å². The van der Waals surface area contributed by atoms with Crippen LogP contribution in [0.2, 0.25) is 0 Å². The Morgan fingerprint density at radius 3 is 2.55 bits per heavy atom. The van der Waals surface area contributed by atoms with Crippen LogP contribution in [0, 0.1) is 18.8 Å². The summed E-state index contributed by atoms with van der Waals surface area (Å²) in [4.78, 5) is 30.7. The molecule has 33 heavy (non-hydrogen) atoms. The van der Waals surface area contributed by atoms with Gasteiger partial charge < -0.3 is 20.9 Å². The summed E-state index contributed by atoms with van der Waals surface area (Å²) < 4.78 is 37.7. The summed E-state index contributed by atoms with van der Waals surface area (Å²) in [6.07, 6.45) is -0.942. The molecule has 4 rings (SSSR count). The van der Waals surface area contributed by atoms with Crippen LogP contribution in [0.4, 0.5) is 36.4 Å². The predicted octanol–water partition coefficient (Wildman–Crippen LogP) is 3.31. The maximum absolute atomic E-state index is 12.6. The number of anilines is 4. The molecular formula is C21H27F3N8O. The number of hydrogen-bond acceptors (Lipinski definition) is 8. The van der Waals surface area contributed by atoms with E-state index in [4.69, 9.17) is 0 Å². The van der Waals surface area contributed by atoms with Gasteiger partial charge in [-0.2, -0.15) is 18.2 Å². The normalized spacial score (nSPS) is 22.5. The van der Waals surface area contributed by atoms with Crippen LogP contribution in [0.5, 0.6) is 0 Å². The Bertz CT molecular complexity index is 1020. The summed E-state index contributed by atoms with van der Waals surface area (Å²) in [6.45, 7) is 6.43. The van der Waals surface area contributed by atoms with E-state index in [1.807, 2.05) is 32.7 Å². The van der Waals surface area contributed by atoms with E-state index in [-0.39, 0.29) is 23.9 Å². The van der Waals surface area contributed by atoms with Crippen molar-refractivity contribution in [2.24, 2.45) is 11.8 Å². The number of aryl methyl sites for hydroxylation is 1. The van der Waals surface area contributed by atoms with E-state index in [2.05, 4.69) is 35.9 Å². The lowest BCUT2D eigenvalue weighted by Gasteiger charge is -2.38. The first-order valence-electron chi connectivity index (χ1n) is 10.8. The molecule has 12 heteroatoms. The molecule has 3 heterocycles. The first kappa shape index (κ1) is 23.0. The summed E-state index contributed by atoms with van der Waals surface area (Å²) in [7, 11) is 1.87. The van der Waals surface area contributed by atoms with Crippen LogP contribution in [0.1, 0.15) is 38.1 Å². The fourth-order valence-corrected chi connectivity index (χ4v) is 4.30. The lowest BCUT2D eigenvalue weighted by molar-refractivity contribution is -0.141. The molecule has 2 aromatic rings. The molecule has 1 aliphatic carbocycles. The Morgan fingerprint density at radius 2 is 1.94 bits per heavy atom. The number of nitrogens with zero attached hydrogens (tertiary/aromatic N) is 5. The highest BCUT2D eigenvalue weighted by atomic mass is 19.4. The van der Waals surface area contributed by atoms with Crippen molar-refractivity contribution in [1.29, 1.82) is 0 Å². The topological polar surface area (TPSA) is 108 Å². The Morgan fingerprint density at radius 1 is 1.21 bits per heavy atom. The second-order valence-corrected chi connectivity index (χ2v) is 8.96. The molecule has 0 aromatic carbocycles. The van der Waals surface area contributed by atoms with E-state index in [0.717, 1.165) is 25.2 Å². The van der Waals surface area contributed by atoms with Crippen molar-refractivity contribution in [3.63, 3.8) is 0 Å². The van der Waals surface area contributed by atoms with Gasteiger partial charge in [0.05, 0.1) is 18.1 Å². The molecule has 1 atom stereocenters. The van der Waals surface area contributed by atoms with Crippen LogP contribution < -0.4 is 20.9 Å². The second-order valence-electron chi connectivity index (χ2n) is 8.96. The molecule has 1 fully saturated rings. The number of halogens is 3. The predicted molar refractivity (Wildman–Crippen MR) is 118 cm³/mol. The Hall–Kier alpha value is -3.18. The smallest absolute Gasteiger partial charge is 0.369 e. The number of amides is 1. The van der Waals surface area contributed by atoms with Gasteiger partial charge in [0.25, 0.3) is 0 Å². The third-order valence-electron chi connectivity index (χ3n) is 6.05. The molecule has 1 amide bonds. The average molecular weight is 464 g/mol. The molecule has 2 aliphatic rings. The van der Waals surface area contributed by atoms with Crippen molar-refractivity contribution in [2.75, 3.05) is 34.4 Å². The quantitative estimate of drug-likeness (QED) is 0.598. The van der Waals surface area contributed by atoms with E-state index < -0.39 is 11.9 Å². The van der Waals surface area contributed by atoms with E-state index >= 15 is 0 Å².